The van der Waals surface area contributed by atoms with E-state index in [1.165, 1.54) is 0 Å². The largest absolute Gasteiger partial charge is 1.00 e. The fourth-order valence-electron chi connectivity index (χ4n) is 0. The molecule has 0 rings (SSSR count). The Labute approximate surface area is 73.2 Å². The first kappa shape index (κ1) is 15.7. The van der Waals surface area contributed by atoms with E-state index >= 15 is 0 Å². The first-order chi connectivity index (χ1) is 2.27. The van der Waals surface area contributed by atoms with Crippen LogP contribution in [0, 0.1) is 0 Å². The number of rotatable bonds is 1. The Bertz CT molecular complexity index is 30.5. The molecular weight excluding hydrogens is 75.9 g/mol. The van der Waals surface area contributed by atoms with Crippen LogP contribution in [0.5, 0.6) is 0 Å². The third kappa shape index (κ3) is 19.1. The average Bonchev–Trinajstić information content (AvgIpc) is 1.38. The zero-order valence-corrected chi connectivity index (χ0v) is 6.15. The van der Waals surface area contributed by atoms with Crippen molar-refractivity contribution in [1.82, 2.24) is 4.90 Å². The van der Waals surface area contributed by atoms with E-state index in [4.69, 9.17) is 0 Å². The summed E-state index contributed by atoms with van der Waals surface area (Å²) in [5.41, 5.74) is 0. The maximum absolute atomic E-state index is 2.12. The van der Waals surface area contributed by atoms with Gasteiger partial charge >= 0.3 is 37.7 Å². The van der Waals surface area contributed by atoms with Crippen LogP contribution in [0.3, 0.4) is 0 Å². The van der Waals surface area contributed by atoms with Gasteiger partial charge in [0.25, 0.3) is 0 Å². The van der Waals surface area contributed by atoms with E-state index in [-0.39, 0.29) is 40.6 Å². The summed E-state index contributed by atoms with van der Waals surface area (Å²) in [6.07, 6.45) is 0. The van der Waals surface area contributed by atoms with Crippen LogP contribution in [-0.2, 0) is 0 Å². The van der Waals surface area contributed by atoms with E-state index in [1.807, 2.05) is 0 Å². The maximum Gasteiger partial charge on any atom is 1.00 e. The molecule has 0 aromatic heterocycles. The molecule has 0 aromatic carbocycles. The van der Waals surface area contributed by atoms with Crippen LogP contribution in [0.1, 0.15) is 9.78 Å². The summed E-state index contributed by atoms with van der Waals surface area (Å²) in [5, 5.41) is 0. The summed E-state index contributed by atoms with van der Waals surface area (Å²) < 4.78 is 0. The van der Waals surface area contributed by atoms with Gasteiger partial charge in [-0.2, -0.15) is 0 Å². The number of hydrogen-bond acceptors (Lipinski definition) is 1. The normalized spacial score (nSPS) is 6.86. The standard InChI is InChI=1S/C4H11N.2Li.2H/c1-4-5(2)3;;;;/h4H2,1-3H3;;;;/q;2*+1;2*-1. The van der Waals surface area contributed by atoms with Crippen LogP contribution in [0.25, 0.3) is 0 Å². The third-order valence-corrected chi connectivity index (χ3v) is 0.632. The van der Waals surface area contributed by atoms with Gasteiger partial charge in [-0.05, 0) is 20.6 Å². The van der Waals surface area contributed by atoms with Gasteiger partial charge < -0.3 is 7.75 Å². The topological polar surface area (TPSA) is 3.24 Å². The molecule has 0 fully saturated rings. The van der Waals surface area contributed by atoms with E-state index in [1.54, 1.807) is 0 Å². The summed E-state index contributed by atoms with van der Waals surface area (Å²) in [4.78, 5) is 2.12. The van der Waals surface area contributed by atoms with Crippen molar-refractivity contribution in [2.75, 3.05) is 20.6 Å². The van der Waals surface area contributed by atoms with Crippen molar-refractivity contribution in [2.24, 2.45) is 0 Å². The van der Waals surface area contributed by atoms with E-state index in [9.17, 15) is 0 Å². The van der Waals surface area contributed by atoms with Crippen molar-refractivity contribution < 1.29 is 40.6 Å². The second-order valence-corrected chi connectivity index (χ2v) is 1.40. The monoisotopic (exact) mass is 89.1 g/mol. The molecule has 0 amide bonds. The molecule has 0 N–H and O–H groups in total. The molecule has 0 heterocycles. The molecule has 0 aliphatic heterocycles. The van der Waals surface area contributed by atoms with Gasteiger partial charge in [-0.25, -0.2) is 0 Å². The molecule has 0 spiro atoms. The molecule has 0 unspecified atom stereocenters. The minimum atomic E-state index is 0. The molecular formula is C4H13Li2N. The maximum atomic E-state index is 2.12. The van der Waals surface area contributed by atoms with Gasteiger partial charge in [0.15, 0.2) is 0 Å². The third-order valence-electron chi connectivity index (χ3n) is 0.632. The quantitative estimate of drug-likeness (QED) is 0.290. The van der Waals surface area contributed by atoms with Crippen LogP contribution in [-0.4, -0.2) is 25.5 Å². The second kappa shape index (κ2) is 10.2. The number of hydrogen-bond donors (Lipinski definition) is 0. The van der Waals surface area contributed by atoms with Crippen molar-refractivity contribution in [3.63, 3.8) is 0 Å². The van der Waals surface area contributed by atoms with Crippen LogP contribution in [0.15, 0.2) is 0 Å². The van der Waals surface area contributed by atoms with Gasteiger partial charge in [0.05, 0.1) is 0 Å². The SMILES string of the molecule is CCN(C)C.[H-].[H-].[Li+].[Li+]. The number of nitrogens with zero attached hydrogens (tertiary/aromatic N) is 1. The Morgan fingerprint density at radius 3 is 1.43 bits per heavy atom. The fourth-order valence-corrected chi connectivity index (χ4v) is 0. The predicted octanol–water partition coefficient (Wildman–Crippen LogP) is -5.20. The molecule has 3 heteroatoms. The van der Waals surface area contributed by atoms with Gasteiger partial charge in [0, 0.05) is 0 Å². The van der Waals surface area contributed by atoms with E-state index in [0.29, 0.717) is 0 Å². The van der Waals surface area contributed by atoms with E-state index in [0.717, 1.165) is 6.54 Å². The van der Waals surface area contributed by atoms with Crippen molar-refractivity contribution >= 4 is 0 Å². The second-order valence-electron chi connectivity index (χ2n) is 1.40. The van der Waals surface area contributed by atoms with E-state index < -0.39 is 0 Å². The minimum Gasteiger partial charge on any atom is -1.00 e. The van der Waals surface area contributed by atoms with E-state index in [2.05, 4.69) is 25.9 Å². The van der Waals surface area contributed by atoms with Gasteiger partial charge in [0.1, 0.15) is 0 Å². The molecule has 0 bridgehead atoms. The van der Waals surface area contributed by atoms with Crippen molar-refractivity contribution in [2.45, 2.75) is 6.92 Å². The average molecular weight is 89.0 g/mol. The first-order valence-electron chi connectivity index (χ1n) is 1.92. The van der Waals surface area contributed by atoms with Crippen LogP contribution >= 0.6 is 0 Å². The van der Waals surface area contributed by atoms with Gasteiger partial charge in [-0.15, -0.1) is 0 Å². The fraction of sp³-hybridized carbons (Fsp3) is 1.00. The Morgan fingerprint density at radius 1 is 1.29 bits per heavy atom. The molecule has 0 aromatic rings. The minimum absolute atomic E-state index is 0. The molecule has 0 aliphatic carbocycles. The Morgan fingerprint density at radius 2 is 1.43 bits per heavy atom. The molecule has 0 saturated heterocycles. The predicted molar refractivity (Wildman–Crippen MR) is 26.5 cm³/mol. The summed E-state index contributed by atoms with van der Waals surface area (Å²) in [6.45, 7) is 3.26. The zero-order chi connectivity index (χ0) is 4.28. The van der Waals surface area contributed by atoms with Gasteiger partial charge in [-0.1, -0.05) is 6.92 Å². The zero-order valence-electron chi connectivity index (χ0n) is 8.15. The van der Waals surface area contributed by atoms with Crippen molar-refractivity contribution in [3.8, 4) is 0 Å². The molecule has 0 radical (unpaired) electrons. The smallest absolute Gasteiger partial charge is 1.00 e. The molecule has 0 atom stereocenters. The van der Waals surface area contributed by atoms with Crippen LogP contribution < -0.4 is 37.7 Å². The summed E-state index contributed by atoms with van der Waals surface area (Å²) in [6, 6.07) is 0. The van der Waals surface area contributed by atoms with Gasteiger partial charge in [-0.3, -0.25) is 0 Å². The van der Waals surface area contributed by atoms with Crippen molar-refractivity contribution in [3.05, 3.63) is 0 Å². The summed E-state index contributed by atoms with van der Waals surface area (Å²) >= 11 is 0. The Hall–Kier alpha value is 1.15. The van der Waals surface area contributed by atoms with Gasteiger partial charge in [0.2, 0.25) is 0 Å². The van der Waals surface area contributed by atoms with Crippen LogP contribution in [0.4, 0.5) is 0 Å². The van der Waals surface area contributed by atoms with Crippen LogP contribution in [0.2, 0.25) is 0 Å². The summed E-state index contributed by atoms with van der Waals surface area (Å²) in [7, 11) is 4.11. The molecule has 0 saturated carbocycles. The molecule has 7 heavy (non-hydrogen) atoms. The van der Waals surface area contributed by atoms with Crippen molar-refractivity contribution in [1.29, 1.82) is 0 Å². The Kier molecular flexibility index (Phi) is 22.9. The molecule has 1 nitrogen and oxygen atoms in total. The Balaban J connectivity index is -0.0000000133. The molecule has 36 valence electrons. The first-order valence-corrected chi connectivity index (χ1v) is 1.92. The molecule has 0 aliphatic rings. The summed E-state index contributed by atoms with van der Waals surface area (Å²) in [5.74, 6) is 0.